The summed E-state index contributed by atoms with van der Waals surface area (Å²) >= 11 is 0. The van der Waals surface area contributed by atoms with Crippen LogP contribution in [0.2, 0.25) is 0 Å². The Hall–Kier alpha value is -2.11. The molecule has 0 aliphatic carbocycles. The summed E-state index contributed by atoms with van der Waals surface area (Å²) in [7, 11) is 0. The fraction of sp³-hybridized carbons (Fsp3) is 0.176. The van der Waals surface area contributed by atoms with Crippen molar-refractivity contribution in [2.75, 3.05) is 0 Å². The van der Waals surface area contributed by atoms with Gasteiger partial charge in [0.25, 0.3) is 0 Å². The first-order valence-corrected chi connectivity index (χ1v) is 6.21. The van der Waals surface area contributed by atoms with Gasteiger partial charge in [0.05, 0.1) is 11.6 Å². The van der Waals surface area contributed by atoms with Crippen LogP contribution < -0.4 is 0 Å². The third kappa shape index (κ3) is 3.19. The summed E-state index contributed by atoms with van der Waals surface area (Å²) in [5, 5.41) is 0. The molecular formula is C17H17N. The Morgan fingerprint density at radius 2 is 1.28 bits per heavy atom. The van der Waals surface area contributed by atoms with Gasteiger partial charge < -0.3 is 0 Å². The zero-order chi connectivity index (χ0) is 12.8. The van der Waals surface area contributed by atoms with Crippen LogP contribution in [0, 0.1) is 0 Å². The van der Waals surface area contributed by atoms with E-state index >= 15 is 0 Å². The van der Waals surface area contributed by atoms with Crippen molar-refractivity contribution in [3.05, 3.63) is 71.8 Å². The van der Waals surface area contributed by atoms with Crippen LogP contribution in [0.1, 0.15) is 25.0 Å². The molecule has 2 aromatic carbocycles. The minimum atomic E-state index is 0.257. The molecule has 0 aliphatic heterocycles. The number of hydrogen-bond acceptors (Lipinski definition) is 1. The molecule has 18 heavy (non-hydrogen) atoms. The van der Waals surface area contributed by atoms with Gasteiger partial charge in [-0.3, -0.25) is 0 Å². The minimum absolute atomic E-state index is 0.257. The summed E-state index contributed by atoms with van der Waals surface area (Å²) in [4.78, 5) is 4.39. The van der Waals surface area contributed by atoms with E-state index in [1.165, 1.54) is 0 Å². The molecule has 0 radical (unpaired) electrons. The second-order valence-corrected chi connectivity index (χ2v) is 4.44. The maximum absolute atomic E-state index is 4.39. The van der Waals surface area contributed by atoms with E-state index in [1.54, 1.807) is 0 Å². The fourth-order valence-electron chi connectivity index (χ4n) is 1.70. The molecule has 0 aromatic heterocycles. The Kier molecular flexibility index (Phi) is 4.11. The zero-order valence-electron chi connectivity index (χ0n) is 10.8. The zero-order valence-corrected chi connectivity index (χ0v) is 10.8. The molecule has 90 valence electrons. The number of benzene rings is 2. The topological polar surface area (TPSA) is 12.4 Å². The quantitative estimate of drug-likeness (QED) is 0.707. The highest BCUT2D eigenvalue weighted by atomic mass is 14.7. The average molecular weight is 235 g/mol. The van der Waals surface area contributed by atoms with Crippen molar-refractivity contribution >= 4 is 11.4 Å². The van der Waals surface area contributed by atoms with Gasteiger partial charge in [0, 0.05) is 0 Å². The van der Waals surface area contributed by atoms with Gasteiger partial charge in [0.15, 0.2) is 0 Å². The van der Waals surface area contributed by atoms with Gasteiger partial charge in [-0.2, -0.15) is 0 Å². The summed E-state index contributed by atoms with van der Waals surface area (Å²) in [5.41, 5.74) is 3.34. The maximum atomic E-state index is 4.39. The SMILES string of the molecule is CC(C)N=C=C(c1ccccc1)c1ccccc1. The van der Waals surface area contributed by atoms with Crippen LogP contribution in [0.5, 0.6) is 0 Å². The van der Waals surface area contributed by atoms with Crippen LogP contribution in [-0.4, -0.2) is 11.9 Å². The van der Waals surface area contributed by atoms with Crippen LogP contribution in [0.15, 0.2) is 65.7 Å². The highest BCUT2D eigenvalue weighted by Gasteiger charge is 2.03. The van der Waals surface area contributed by atoms with Gasteiger partial charge in [-0.1, -0.05) is 60.7 Å². The predicted octanol–water partition coefficient (Wildman–Crippen LogP) is 4.20. The molecule has 2 rings (SSSR count). The Morgan fingerprint density at radius 3 is 1.67 bits per heavy atom. The molecule has 2 aromatic rings. The van der Waals surface area contributed by atoms with Gasteiger partial charge >= 0.3 is 0 Å². The highest BCUT2D eigenvalue weighted by Crippen LogP contribution is 2.20. The lowest BCUT2D eigenvalue weighted by molar-refractivity contribution is 0.843. The van der Waals surface area contributed by atoms with Crippen molar-refractivity contribution < 1.29 is 0 Å². The normalized spacial score (nSPS) is 9.94. The third-order valence-corrected chi connectivity index (χ3v) is 2.56. The molecule has 0 heterocycles. The molecule has 0 aliphatic rings. The van der Waals surface area contributed by atoms with Crippen molar-refractivity contribution in [1.29, 1.82) is 0 Å². The van der Waals surface area contributed by atoms with E-state index in [1.807, 2.05) is 36.4 Å². The van der Waals surface area contributed by atoms with Crippen LogP contribution in [0.4, 0.5) is 0 Å². The fourth-order valence-corrected chi connectivity index (χ4v) is 1.70. The number of hydrogen-bond donors (Lipinski definition) is 0. The van der Waals surface area contributed by atoms with E-state index in [0.717, 1.165) is 16.7 Å². The molecule has 0 N–H and O–H groups in total. The number of rotatable bonds is 3. The predicted molar refractivity (Wildman–Crippen MR) is 78.0 cm³/mol. The Labute approximate surface area is 109 Å². The summed E-state index contributed by atoms with van der Waals surface area (Å²) in [6, 6.07) is 20.8. The maximum Gasteiger partial charge on any atom is 0.0537 e. The number of nitrogens with zero attached hydrogens (tertiary/aromatic N) is 1. The first-order valence-electron chi connectivity index (χ1n) is 6.21. The molecule has 0 saturated carbocycles. The molecule has 0 spiro atoms. The molecule has 0 amide bonds. The van der Waals surface area contributed by atoms with E-state index in [-0.39, 0.29) is 6.04 Å². The molecule has 0 bridgehead atoms. The van der Waals surface area contributed by atoms with E-state index in [2.05, 4.69) is 49.0 Å². The molecular weight excluding hydrogens is 218 g/mol. The van der Waals surface area contributed by atoms with Crippen molar-refractivity contribution in [2.45, 2.75) is 19.9 Å². The molecule has 1 nitrogen and oxygen atoms in total. The highest BCUT2D eigenvalue weighted by molar-refractivity contribution is 5.98. The molecule has 1 heteroatoms. The molecule has 0 fully saturated rings. The summed E-state index contributed by atoms with van der Waals surface area (Å²) in [6.45, 7) is 4.11. The van der Waals surface area contributed by atoms with Gasteiger partial charge in [-0.25, -0.2) is 4.99 Å². The van der Waals surface area contributed by atoms with Crippen molar-refractivity contribution in [3.8, 4) is 0 Å². The monoisotopic (exact) mass is 235 g/mol. The second kappa shape index (κ2) is 6.00. The molecule has 0 saturated heterocycles. The van der Waals surface area contributed by atoms with Gasteiger partial charge in [0.2, 0.25) is 0 Å². The Balaban J connectivity index is 2.53. The first-order chi connectivity index (χ1) is 8.77. The van der Waals surface area contributed by atoms with Crippen LogP contribution in [0.25, 0.3) is 5.57 Å². The van der Waals surface area contributed by atoms with Gasteiger partial charge in [-0.05, 0) is 30.8 Å². The van der Waals surface area contributed by atoms with Crippen molar-refractivity contribution in [3.63, 3.8) is 0 Å². The van der Waals surface area contributed by atoms with Gasteiger partial charge in [0.1, 0.15) is 0 Å². The van der Waals surface area contributed by atoms with E-state index in [9.17, 15) is 0 Å². The van der Waals surface area contributed by atoms with Crippen LogP contribution in [0.3, 0.4) is 0 Å². The third-order valence-electron chi connectivity index (χ3n) is 2.56. The summed E-state index contributed by atoms with van der Waals surface area (Å²) in [6.07, 6.45) is 0. The Bertz CT molecular complexity index is 505. The average Bonchev–Trinajstić information content (AvgIpc) is 2.41. The first kappa shape index (κ1) is 12.3. The lowest BCUT2D eigenvalue weighted by Gasteiger charge is -2.04. The lowest BCUT2D eigenvalue weighted by Crippen LogP contribution is -1.91. The summed E-state index contributed by atoms with van der Waals surface area (Å²) < 4.78 is 0. The lowest BCUT2D eigenvalue weighted by atomic mass is 9.99. The largest absolute Gasteiger partial charge is 0.240 e. The van der Waals surface area contributed by atoms with Crippen molar-refractivity contribution in [1.82, 2.24) is 0 Å². The number of aliphatic imine (C=N–C) groups is 1. The van der Waals surface area contributed by atoms with E-state index in [0.29, 0.717) is 0 Å². The molecule has 0 unspecified atom stereocenters. The van der Waals surface area contributed by atoms with E-state index < -0.39 is 0 Å². The van der Waals surface area contributed by atoms with Crippen LogP contribution in [-0.2, 0) is 0 Å². The van der Waals surface area contributed by atoms with Gasteiger partial charge in [-0.15, -0.1) is 0 Å². The molecule has 0 atom stereocenters. The minimum Gasteiger partial charge on any atom is -0.240 e. The smallest absolute Gasteiger partial charge is 0.0537 e. The standard InChI is InChI=1S/C17H17N/c1-14(2)18-13-17(15-9-5-3-6-10-15)16-11-7-4-8-12-16/h3-12,14H,1-2H3. The van der Waals surface area contributed by atoms with Crippen LogP contribution >= 0.6 is 0 Å². The second-order valence-electron chi connectivity index (χ2n) is 4.44. The summed E-state index contributed by atoms with van der Waals surface area (Å²) in [5.74, 6) is 3.19. The van der Waals surface area contributed by atoms with Crippen molar-refractivity contribution in [2.24, 2.45) is 4.99 Å². The Morgan fingerprint density at radius 1 is 0.833 bits per heavy atom. The van der Waals surface area contributed by atoms with E-state index in [4.69, 9.17) is 0 Å².